The molecule has 1 aromatic rings. The van der Waals surface area contributed by atoms with E-state index in [9.17, 15) is 0 Å². The summed E-state index contributed by atoms with van der Waals surface area (Å²) >= 11 is 0. The van der Waals surface area contributed by atoms with Gasteiger partial charge in [-0.25, -0.2) is 5.84 Å². The molecule has 4 heteroatoms. The molecule has 15 heavy (non-hydrogen) atoms. The normalized spacial score (nSPS) is 11.5. The fourth-order valence-corrected chi connectivity index (χ4v) is 1.30. The molecule has 0 aliphatic heterocycles. The van der Waals surface area contributed by atoms with Gasteiger partial charge in [-0.3, -0.25) is 0 Å². The Morgan fingerprint density at radius 1 is 1.27 bits per heavy atom. The molecule has 0 atom stereocenters. The van der Waals surface area contributed by atoms with Gasteiger partial charge in [0, 0.05) is 31.4 Å². The largest absolute Gasteiger partial charge is 0.401 e. The number of hydrazine groups is 1. The van der Waals surface area contributed by atoms with Gasteiger partial charge in [0.05, 0.1) is 0 Å². The minimum Gasteiger partial charge on any atom is -0.401 e. The summed E-state index contributed by atoms with van der Waals surface area (Å²) in [5.74, 6) is 5.64. The van der Waals surface area contributed by atoms with Crippen LogP contribution >= 0.6 is 0 Å². The Balaban J connectivity index is 2.51. The summed E-state index contributed by atoms with van der Waals surface area (Å²) in [6.45, 7) is 1.13. The summed E-state index contributed by atoms with van der Waals surface area (Å²) in [7, 11) is 0. The van der Waals surface area contributed by atoms with E-state index in [0.717, 1.165) is 5.70 Å². The lowest BCUT2D eigenvalue weighted by molar-refractivity contribution is 0.400. The third kappa shape index (κ3) is 4.49. The first kappa shape index (κ1) is 11.6. The third-order valence-corrected chi connectivity index (χ3v) is 1.97. The standard InChI is InChI=1S/C11H18N4/c12-6-7-15(14)9-11(13)8-10-4-2-1-3-5-10/h1-5,9H,6-8,12-14H2/b11-9-. The fraction of sp³-hybridized carbons (Fsp3) is 0.273. The fourth-order valence-electron chi connectivity index (χ4n) is 1.30. The lowest BCUT2D eigenvalue weighted by atomic mass is 10.1. The van der Waals surface area contributed by atoms with Gasteiger partial charge in [0.15, 0.2) is 0 Å². The Bertz CT molecular complexity index is 308. The van der Waals surface area contributed by atoms with Crippen LogP contribution in [0.15, 0.2) is 42.2 Å². The van der Waals surface area contributed by atoms with E-state index in [-0.39, 0.29) is 0 Å². The number of rotatable bonds is 5. The second-order valence-electron chi connectivity index (χ2n) is 3.39. The molecular weight excluding hydrogens is 188 g/mol. The van der Waals surface area contributed by atoms with Crippen LogP contribution in [0.4, 0.5) is 0 Å². The van der Waals surface area contributed by atoms with Crippen LogP contribution in [0.2, 0.25) is 0 Å². The molecule has 0 heterocycles. The number of hydrogen-bond donors (Lipinski definition) is 3. The first-order valence-electron chi connectivity index (χ1n) is 4.94. The SMILES string of the molecule is NCCN(N)/C=C(\N)Cc1ccccc1. The smallest absolute Gasteiger partial charge is 0.0458 e. The Morgan fingerprint density at radius 2 is 1.93 bits per heavy atom. The molecule has 0 aliphatic carbocycles. The molecule has 6 N–H and O–H groups in total. The molecule has 0 fully saturated rings. The highest BCUT2D eigenvalue weighted by atomic mass is 15.4. The van der Waals surface area contributed by atoms with Gasteiger partial charge in [0.25, 0.3) is 0 Å². The van der Waals surface area contributed by atoms with Gasteiger partial charge in [-0.1, -0.05) is 30.3 Å². The second kappa shape index (κ2) is 6.06. The second-order valence-corrected chi connectivity index (χ2v) is 3.39. The highest BCUT2D eigenvalue weighted by Gasteiger charge is 1.96. The molecule has 0 aliphatic rings. The van der Waals surface area contributed by atoms with Crippen molar-refractivity contribution in [2.75, 3.05) is 13.1 Å². The van der Waals surface area contributed by atoms with Crippen molar-refractivity contribution in [1.29, 1.82) is 0 Å². The molecule has 4 nitrogen and oxygen atoms in total. The van der Waals surface area contributed by atoms with Crippen molar-refractivity contribution in [3.8, 4) is 0 Å². The predicted molar refractivity (Wildman–Crippen MR) is 62.4 cm³/mol. The molecule has 1 rings (SSSR count). The number of benzene rings is 1. The van der Waals surface area contributed by atoms with E-state index in [0.29, 0.717) is 19.5 Å². The molecule has 82 valence electrons. The van der Waals surface area contributed by atoms with E-state index < -0.39 is 0 Å². The van der Waals surface area contributed by atoms with E-state index in [1.54, 1.807) is 6.20 Å². The Hall–Kier alpha value is -1.52. The maximum Gasteiger partial charge on any atom is 0.0458 e. The molecule has 0 unspecified atom stereocenters. The average Bonchev–Trinajstić information content (AvgIpc) is 2.19. The van der Waals surface area contributed by atoms with Crippen molar-refractivity contribution in [3.05, 3.63) is 47.8 Å². The summed E-state index contributed by atoms with van der Waals surface area (Å²) in [5.41, 5.74) is 13.1. The molecule has 0 radical (unpaired) electrons. The maximum atomic E-state index is 5.84. The highest BCUT2D eigenvalue weighted by Crippen LogP contribution is 2.03. The molecule has 1 aromatic carbocycles. The maximum absolute atomic E-state index is 5.84. The zero-order valence-electron chi connectivity index (χ0n) is 8.76. The first-order valence-corrected chi connectivity index (χ1v) is 4.94. The van der Waals surface area contributed by atoms with Gasteiger partial charge in [0.1, 0.15) is 0 Å². The van der Waals surface area contributed by atoms with Crippen LogP contribution in [0.25, 0.3) is 0 Å². The number of nitrogens with zero attached hydrogens (tertiary/aromatic N) is 1. The lowest BCUT2D eigenvalue weighted by Crippen LogP contribution is -2.31. The van der Waals surface area contributed by atoms with Gasteiger partial charge in [-0.15, -0.1) is 0 Å². The average molecular weight is 206 g/mol. The zero-order chi connectivity index (χ0) is 11.1. The van der Waals surface area contributed by atoms with Crippen molar-refractivity contribution in [3.63, 3.8) is 0 Å². The summed E-state index contributed by atoms with van der Waals surface area (Å²) in [4.78, 5) is 0. The molecule has 0 saturated heterocycles. The Morgan fingerprint density at radius 3 is 2.53 bits per heavy atom. The summed E-state index contributed by atoms with van der Waals surface area (Å²) in [6.07, 6.45) is 2.43. The number of allylic oxidation sites excluding steroid dienone is 1. The quantitative estimate of drug-likeness (QED) is 0.473. The molecule has 0 spiro atoms. The molecule has 0 bridgehead atoms. The van der Waals surface area contributed by atoms with Crippen LogP contribution in [0, 0.1) is 0 Å². The molecule has 0 amide bonds. The van der Waals surface area contributed by atoms with E-state index in [1.165, 1.54) is 10.6 Å². The zero-order valence-corrected chi connectivity index (χ0v) is 8.76. The van der Waals surface area contributed by atoms with E-state index >= 15 is 0 Å². The van der Waals surface area contributed by atoms with Gasteiger partial charge in [0.2, 0.25) is 0 Å². The van der Waals surface area contributed by atoms with Crippen LogP contribution in [0.3, 0.4) is 0 Å². The summed E-state index contributed by atoms with van der Waals surface area (Å²) in [6, 6.07) is 10.0. The third-order valence-electron chi connectivity index (χ3n) is 1.97. The van der Waals surface area contributed by atoms with Crippen molar-refractivity contribution in [1.82, 2.24) is 5.01 Å². The lowest BCUT2D eigenvalue weighted by Gasteiger charge is -2.13. The van der Waals surface area contributed by atoms with Crippen LogP contribution in [-0.2, 0) is 6.42 Å². The van der Waals surface area contributed by atoms with Crippen LogP contribution < -0.4 is 17.3 Å². The van der Waals surface area contributed by atoms with Gasteiger partial charge in [-0.2, -0.15) is 0 Å². The molecule has 0 saturated carbocycles. The van der Waals surface area contributed by atoms with Gasteiger partial charge < -0.3 is 16.5 Å². The van der Waals surface area contributed by atoms with Crippen molar-refractivity contribution in [2.45, 2.75) is 6.42 Å². The predicted octanol–water partition coefficient (Wildman–Crippen LogP) is 0.164. The topological polar surface area (TPSA) is 81.3 Å². The first-order chi connectivity index (χ1) is 7.22. The van der Waals surface area contributed by atoms with Gasteiger partial charge in [-0.05, 0) is 5.56 Å². The Labute approximate surface area is 90.3 Å². The minimum absolute atomic E-state index is 0.519. The molecule has 0 aromatic heterocycles. The van der Waals surface area contributed by atoms with Crippen molar-refractivity contribution in [2.24, 2.45) is 17.3 Å². The van der Waals surface area contributed by atoms with E-state index in [2.05, 4.69) is 0 Å². The summed E-state index contributed by atoms with van der Waals surface area (Å²) < 4.78 is 0. The van der Waals surface area contributed by atoms with Crippen molar-refractivity contribution >= 4 is 0 Å². The van der Waals surface area contributed by atoms with Crippen LogP contribution in [0.5, 0.6) is 0 Å². The van der Waals surface area contributed by atoms with Crippen LogP contribution in [-0.4, -0.2) is 18.1 Å². The highest BCUT2D eigenvalue weighted by molar-refractivity contribution is 5.20. The molecular formula is C11H18N4. The Kier molecular flexibility index (Phi) is 4.66. The van der Waals surface area contributed by atoms with Gasteiger partial charge >= 0.3 is 0 Å². The summed E-state index contributed by atoms with van der Waals surface area (Å²) in [5, 5.41) is 1.51. The van der Waals surface area contributed by atoms with Crippen LogP contribution in [0.1, 0.15) is 5.56 Å². The number of hydrogen-bond acceptors (Lipinski definition) is 4. The monoisotopic (exact) mass is 206 g/mol. The number of nitrogens with two attached hydrogens (primary N) is 3. The van der Waals surface area contributed by atoms with Crippen molar-refractivity contribution < 1.29 is 0 Å². The minimum atomic E-state index is 0.519. The van der Waals surface area contributed by atoms with E-state index in [1.807, 2.05) is 30.3 Å². The van der Waals surface area contributed by atoms with E-state index in [4.69, 9.17) is 17.3 Å².